The lowest BCUT2D eigenvalue weighted by atomic mass is 10.2. The third-order valence-corrected chi connectivity index (χ3v) is 4.85. The predicted molar refractivity (Wildman–Crippen MR) is 102 cm³/mol. The number of nitrogens with zero attached hydrogens (tertiary/aromatic N) is 2. The predicted octanol–water partition coefficient (Wildman–Crippen LogP) is 4.46. The highest BCUT2D eigenvalue weighted by Gasteiger charge is 2.11. The van der Waals surface area contributed by atoms with Gasteiger partial charge in [-0.1, -0.05) is 30.3 Å². The number of hydrogen-bond acceptors (Lipinski definition) is 5. The lowest BCUT2D eigenvalue weighted by Gasteiger charge is -2.15. The molecular formula is C20H22N2O2S. The molecule has 0 amide bonds. The number of ether oxygens (including phenoxy) is 2. The molecule has 5 heteroatoms. The Kier molecular flexibility index (Phi) is 5.68. The van der Waals surface area contributed by atoms with E-state index in [1.54, 1.807) is 25.6 Å². The van der Waals surface area contributed by atoms with Gasteiger partial charge < -0.3 is 9.47 Å². The topological polar surface area (TPSA) is 34.6 Å². The maximum Gasteiger partial charge on any atom is 0.161 e. The van der Waals surface area contributed by atoms with Crippen LogP contribution < -0.4 is 9.47 Å². The Hall–Kier alpha value is -2.37. The van der Waals surface area contributed by atoms with E-state index in [0.717, 1.165) is 40.9 Å². The molecule has 0 aliphatic carbocycles. The highest BCUT2D eigenvalue weighted by Crippen LogP contribution is 2.33. The third kappa shape index (κ3) is 4.38. The van der Waals surface area contributed by atoms with Crippen LogP contribution in [0.3, 0.4) is 0 Å². The second-order valence-electron chi connectivity index (χ2n) is 5.87. The van der Waals surface area contributed by atoms with Crippen molar-refractivity contribution in [2.45, 2.75) is 13.1 Å². The average molecular weight is 354 g/mol. The summed E-state index contributed by atoms with van der Waals surface area (Å²) < 4.78 is 10.7. The van der Waals surface area contributed by atoms with Gasteiger partial charge in [-0.2, -0.15) is 0 Å². The van der Waals surface area contributed by atoms with Crippen molar-refractivity contribution in [2.75, 3.05) is 21.3 Å². The summed E-state index contributed by atoms with van der Waals surface area (Å²) >= 11 is 1.65. The monoisotopic (exact) mass is 354 g/mol. The molecule has 0 unspecified atom stereocenters. The molecule has 0 atom stereocenters. The molecule has 0 aliphatic heterocycles. The molecular weight excluding hydrogens is 332 g/mol. The maximum absolute atomic E-state index is 5.38. The van der Waals surface area contributed by atoms with Crippen LogP contribution in [0.25, 0.3) is 10.6 Å². The Morgan fingerprint density at radius 2 is 1.72 bits per heavy atom. The molecule has 130 valence electrons. The Morgan fingerprint density at radius 1 is 0.960 bits per heavy atom. The van der Waals surface area contributed by atoms with Crippen LogP contribution in [-0.2, 0) is 13.1 Å². The van der Waals surface area contributed by atoms with Gasteiger partial charge in [0.15, 0.2) is 11.5 Å². The van der Waals surface area contributed by atoms with Crippen molar-refractivity contribution in [3.05, 3.63) is 65.2 Å². The van der Waals surface area contributed by atoms with E-state index in [9.17, 15) is 0 Å². The molecule has 25 heavy (non-hydrogen) atoms. The molecule has 0 aliphatic rings. The van der Waals surface area contributed by atoms with Crippen LogP contribution in [-0.4, -0.2) is 31.2 Å². The molecule has 0 saturated carbocycles. The van der Waals surface area contributed by atoms with E-state index in [1.165, 1.54) is 5.56 Å². The highest BCUT2D eigenvalue weighted by atomic mass is 32.1. The summed E-state index contributed by atoms with van der Waals surface area (Å²) in [6.07, 6.45) is 0. The maximum atomic E-state index is 5.38. The van der Waals surface area contributed by atoms with Gasteiger partial charge in [0.05, 0.1) is 19.9 Å². The molecule has 3 rings (SSSR count). The van der Waals surface area contributed by atoms with Gasteiger partial charge in [0.1, 0.15) is 5.01 Å². The molecule has 1 aromatic heterocycles. The van der Waals surface area contributed by atoms with E-state index < -0.39 is 0 Å². The minimum absolute atomic E-state index is 0.720. The first-order chi connectivity index (χ1) is 12.2. The summed E-state index contributed by atoms with van der Waals surface area (Å²) in [4.78, 5) is 7.04. The second-order valence-corrected chi connectivity index (χ2v) is 6.73. The van der Waals surface area contributed by atoms with E-state index in [0.29, 0.717) is 0 Å². The summed E-state index contributed by atoms with van der Waals surface area (Å²) in [5.41, 5.74) is 3.42. The molecule has 4 nitrogen and oxygen atoms in total. The van der Waals surface area contributed by atoms with Crippen molar-refractivity contribution in [1.29, 1.82) is 0 Å². The first-order valence-corrected chi connectivity index (χ1v) is 8.97. The van der Waals surface area contributed by atoms with E-state index >= 15 is 0 Å². The Labute approximate surface area is 152 Å². The van der Waals surface area contributed by atoms with E-state index in [4.69, 9.17) is 14.5 Å². The van der Waals surface area contributed by atoms with Crippen LogP contribution in [0.4, 0.5) is 0 Å². The first kappa shape index (κ1) is 17.5. The van der Waals surface area contributed by atoms with Gasteiger partial charge in [-0.15, -0.1) is 11.3 Å². The van der Waals surface area contributed by atoms with Gasteiger partial charge in [0, 0.05) is 24.0 Å². The Bertz CT molecular complexity index is 818. The van der Waals surface area contributed by atoms with Crippen molar-refractivity contribution < 1.29 is 9.47 Å². The molecule has 0 saturated heterocycles. The van der Waals surface area contributed by atoms with Crippen LogP contribution in [0.2, 0.25) is 0 Å². The van der Waals surface area contributed by atoms with Crippen LogP contribution in [0, 0.1) is 0 Å². The third-order valence-electron chi connectivity index (χ3n) is 3.91. The molecule has 0 radical (unpaired) electrons. The number of hydrogen-bond donors (Lipinski definition) is 0. The summed E-state index contributed by atoms with van der Waals surface area (Å²) in [5, 5.41) is 3.11. The zero-order chi connectivity index (χ0) is 17.6. The standard InChI is InChI=1S/C20H22N2O2S/c1-22(12-15-7-5-4-6-8-15)13-17-14-25-20(21-17)16-9-10-18(23-2)19(11-16)24-3/h4-11,14H,12-13H2,1-3H3. The Balaban J connectivity index is 1.70. The van der Waals surface area contributed by atoms with Gasteiger partial charge in [-0.25, -0.2) is 4.98 Å². The molecule has 2 aromatic carbocycles. The van der Waals surface area contributed by atoms with Crippen LogP contribution >= 0.6 is 11.3 Å². The molecule has 0 spiro atoms. The SMILES string of the molecule is COc1ccc(-c2nc(CN(C)Cc3ccccc3)cs2)cc1OC. The quantitative estimate of drug-likeness (QED) is 0.627. The van der Waals surface area contributed by atoms with Crippen molar-refractivity contribution >= 4 is 11.3 Å². The Morgan fingerprint density at radius 3 is 2.44 bits per heavy atom. The average Bonchev–Trinajstić information content (AvgIpc) is 3.10. The minimum Gasteiger partial charge on any atom is -0.493 e. The van der Waals surface area contributed by atoms with E-state index in [-0.39, 0.29) is 0 Å². The van der Waals surface area contributed by atoms with Gasteiger partial charge in [0.2, 0.25) is 0 Å². The number of rotatable bonds is 7. The fraction of sp³-hybridized carbons (Fsp3) is 0.250. The number of thiazole rings is 1. The largest absolute Gasteiger partial charge is 0.493 e. The van der Waals surface area contributed by atoms with Crippen molar-refractivity contribution in [1.82, 2.24) is 9.88 Å². The normalized spacial score (nSPS) is 10.9. The zero-order valence-corrected chi connectivity index (χ0v) is 15.5. The zero-order valence-electron chi connectivity index (χ0n) is 14.7. The summed E-state index contributed by atoms with van der Waals surface area (Å²) in [6.45, 7) is 1.72. The molecule has 0 N–H and O–H groups in total. The van der Waals surface area contributed by atoms with Crippen molar-refractivity contribution in [3.8, 4) is 22.1 Å². The number of methoxy groups -OCH3 is 2. The fourth-order valence-corrected chi connectivity index (χ4v) is 3.52. The van der Waals surface area contributed by atoms with E-state index in [2.05, 4.69) is 41.6 Å². The molecule has 1 heterocycles. The van der Waals surface area contributed by atoms with Gasteiger partial charge >= 0.3 is 0 Å². The van der Waals surface area contributed by atoms with Crippen molar-refractivity contribution in [3.63, 3.8) is 0 Å². The summed E-state index contributed by atoms with van der Waals surface area (Å²) in [7, 11) is 5.40. The fourth-order valence-electron chi connectivity index (χ4n) is 2.71. The summed E-state index contributed by atoms with van der Waals surface area (Å²) in [5.74, 6) is 1.45. The number of benzene rings is 2. The molecule has 3 aromatic rings. The van der Waals surface area contributed by atoms with Crippen molar-refractivity contribution in [2.24, 2.45) is 0 Å². The molecule has 0 bridgehead atoms. The minimum atomic E-state index is 0.720. The van der Waals surface area contributed by atoms with E-state index in [1.807, 2.05) is 24.3 Å². The van der Waals surface area contributed by atoms with Gasteiger partial charge in [0.25, 0.3) is 0 Å². The smallest absolute Gasteiger partial charge is 0.161 e. The van der Waals surface area contributed by atoms with Gasteiger partial charge in [-0.05, 0) is 30.8 Å². The van der Waals surface area contributed by atoms with Gasteiger partial charge in [-0.3, -0.25) is 4.90 Å². The summed E-state index contributed by atoms with van der Waals surface area (Å²) in [6, 6.07) is 16.4. The first-order valence-electron chi connectivity index (χ1n) is 8.09. The van der Waals surface area contributed by atoms with Crippen LogP contribution in [0.15, 0.2) is 53.9 Å². The number of aromatic nitrogens is 1. The van der Waals surface area contributed by atoms with Crippen LogP contribution in [0.1, 0.15) is 11.3 Å². The molecule has 0 fully saturated rings. The lowest BCUT2D eigenvalue weighted by Crippen LogP contribution is -2.17. The highest BCUT2D eigenvalue weighted by molar-refractivity contribution is 7.13. The second kappa shape index (κ2) is 8.14. The lowest BCUT2D eigenvalue weighted by molar-refractivity contribution is 0.316. The van der Waals surface area contributed by atoms with Crippen LogP contribution in [0.5, 0.6) is 11.5 Å².